The average molecular weight is 302 g/mol. The highest BCUT2D eigenvalue weighted by atomic mass is 32.1. The van der Waals surface area contributed by atoms with Crippen molar-refractivity contribution in [3.8, 4) is 0 Å². The maximum Gasteiger partial charge on any atom is 0.328 e. The number of hydrogen-bond donors (Lipinski definition) is 2. The van der Waals surface area contributed by atoms with Crippen molar-refractivity contribution in [2.24, 2.45) is 0 Å². The zero-order valence-electron chi connectivity index (χ0n) is 11.6. The minimum Gasteiger partial charge on any atom is -0.478 e. The van der Waals surface area contributed by atoms with Crippen LogP contribution in [-0.4, -0.2) is 22.0 Å². The Kier molecular flexibility index (Phi) is 4.49. The number of carboxylic acid groups (broad SMARTS) is 1. The van der Waals surface area contributed by atoms with Gasteiger partial charge in [0.25, 0.3) is 5.91 Å². The molecule has 1 heterocycles. The van der Waals surface area contributed by atoms with Crippen LogP contribution in [0.1, 0.15) is 26.6 Å². The molecule has 1 aromatic heterocycles. The number of carboxylic acids is 1. The third-order valence-corrected chi connectivity index (χ3v) is 3.57. The lowest BCUT2D eigenvalue weighted by Gasteiger charge is -2.06. The number of amides is 1. The summed E-state index contributed by atoms with van der Waals surface area (Å²) in [5.74, 6) is -1.29. The lowest BCUT2D eigenvalue weighted by molar-refractivity contribution is -0.131. The number of rotatable bonds is 4. The molecule has 0 aliphatic rings. The Hall–Kier alpha value is -2.47. The molecule has 6 heteroatoms. The Morgan fingerprint density at radius 2 is 2.10 bits per heavy atom. The highest BCUT2D eigenvalue weighted by molar-refractivity contribution is 7.09. The first-order valence-electron chi connectivity index (χ1n) is 6.21. The van der Waals surface area contributed by atoms with Crippen molar-refractivity contribution >= 4 is 35.0 Å². The zero-order chi connectivity index (χ0) is 15.4. The summed E-state index contributed by atoms with van der Waals surface area (Å²) in [5.41, 5.74) is 2.64. The molecule has 5 nitrogen and oxygen atoms in total. The summed E-state index contributed by atoms with van der Waals surface area (Å²) in [6.45, 7) is 3.71. The number of anilines is 1. The Balaban J connectivity index is 2.19. The molecule has 0 radical (unpaired) electrons. The van der Waals surface area contributed by atoms with E-state index in [9.17, 15) is 9.59 Å². The molecule has 108 valence electrons. The summed E-state index contributed by atoms with van der Waals surface area (Å²) in [7, 11) is 0. The Labute approximate surface area is 126 Å². The maximum atomic E-state index is 12.0. The molecule has 0 spiro atoms. The first-order valence-corrected chi connectivity index (χ1v) is 7.09. The number of carbonyl (C=O) groups excluding carboxylic acids is 1. The SMILES string of the molecule is Cc1nc(C(=O)Nc2ccc(C)c(/C=C/C(=O)O)c2)cs1. The Morgan fingerprint density at radius 3 is 2.71 bits per heavy atom. The van der Waals surface area contributed by atoms with Gasteiger partial charge >= 0.3 is 5.97 Å². The molecular weight excluding hydrogens is 288 g/mol. The van der Waals surface area contributed by atoms with Crippen LogP contribution in [0.4, 0.5) is 5.69 Å². The number of thiazole rings is 1. The van der Waals surface area contributed by atoms with Gasteiger partial charge in [0, 0.05) is 17.1 Å². The van der Waals surface area contributed by atoms with Crippen LogP contribution in [0.15, 0.2) is 29.7 Å². The second-order valence-corrected chi connectivity index (χ2v) is 5.51. The van der Waals surface area contributed by atoms with E-state index in [1.165, 1.54) is 17.4 Å². The van der Waals surface area contributed by atoms with Crippen LogP contribution in [0.2, 0.25) is 0 Å². The van der Waals surface area contributed by atoms with Crippen LogP contribution in [0.5, 0.6) is 0 Å². The third kappa shape index (κ3) is 4.00. The number of aliphatic carboxylic acids is 1. The number of aromatic nitrogens is 1. The normalized spacial score (nSPS) is 10.8. The number of carbonyl (C=O) groups is 2. The predicted octanol–water partition coefficient (Wildman–Crippen LogP) is 3.11. The highest BCUT2D eigenvalue weighted by Crippen LogP contribution is 2.18. The van der Waals surface area contributed by atoms with E-state index >= 15 is 0 Å². The van der Waals surface area contributed by atoms with Gasteiger partial charge in [-0.3, -0.25) is 4.79 Å². The highest BCUT2D eigenvalue weighted by Gasteiger charge is 2.10. The number of nitrogens with one attached hydrogen (secondary N) is 1. The van der Waals surface area contributed by atoms with Gasteiger partial charge in [-0.05, 0) is 43.2 Å². The molecule has 0 unspecified atom stereocenters. The summed E-state index contributed by atoms with van der Waals surface area (Å²) in [4.78, 5) is 26.7. The van der Waals surface area contributed by atoms with Gasteiger partial charge in [0.1, 0.15) is 5.69 Å². The van der Waals surface area contributed by atoms with Gasteiger partial charge in [-0.1, -0.05) is 6.07 Å². The standard InChI is InChI=1S/C15H14N2O3S/c1-9-3-5-12(7-11(9)4-6-14(18)19)17-15(20)13-8-21-10(2)16-13/h3-8H,1-2H3,(H,17,20)(H,18,19)/b6-4+. The van der Waals surface area contributed by atoms with E-state index < -0.39 is 5.97 Å². The maximum absolute atomic E-state index is 12.0. The summed E-state index contributed by atoms with van der Waals surface area (Å²) in [6, 6.07) is 5.32. The van der Waals surface area contributed by atoms with E-state index in [-0.39, 0.29) is 5.91 Å². The van der Waals surface area contributed by atoms with Gasteiger partial charge in [0.15, 0.2) is 0 Å². The molecule has 0 saturated carbocycles. The molecule has 0 aliphatic heterocycles. The first kappa shape index (κ1) is 14.9. The van der Waals surface area contributed by atoms with Gasteiger partial charge in [0.05, 0.1) is 5.01 Å². The molecule has 1 amide bonds. The Morgan fingerprint density at radius 1 is 1.33 bits per heavy atom. The van der Waals surface area contributed by atoms with Crippen molar-refractivity contribution in [3.63, 3.8) is 0 Å². The van der Waals surface area contributed by atoms with E-state index in [1.54, 1.807) is 17.5 Å². The molecule has 2 rings (SSSR count). The van der Waals surface area contributed by atoms with Crippen LogP contribution in [0, 0.1) is 13.8 Å². The fraction of sp³-hybridized carbons (Fsp3) is 0.133. The van der Waals surface area contributed by atoms with Gasteiger partial charge in [-0.2, -0.15) is 0 Å². The minimum absolute atomic E-state index is 0.281. The molecule has 0 aliphatic carbocycles. The quantitative estimate of drug-likeness (QED) is 0.850. The molecular formula is C15H14N2O3S. The van der Waals surface area contributed by atoms with Crippen molar-refractivity contribution in [3.05, 3.63) is 51.5 Å². The van der Waals surface area contributed by atoms with Gasteiger partial charge in [0.2, 0.25) is 0 Å². The van der Waals surface area contributed by atoms with Crippen molar-refractivity contribution in [2.45, 2.75) is 13.8 Å². The first-order chi connectivity index (χ1) is 9.95. The molecule has 21 heavy (non-hydrogen) atoms. The third-order valence-electron chi connectivity index (χ3n) is 2.79. The largest absolute Gasteiger partial charge is 0.478 e. The van der Waals surface area contributed by atoms with Crippen LogP contribution in [0.25, 0.3) is 6.08 Å². The molecule has 0 saturated heterocycles. The van der Waals surface area contributed by atoms with E-state index in [4.69, 9.17) is 5.11 Å². The summed E-state index contributed by atoms with van der Waals surface area (Å²) in [6.07, 6.45) is 2.57. The number of benzene rings is 1. The van der Waals surface area contributed by atoms with Crippen molar-refractivity contribution < 1.29 is 14.7 Å². The van der Waals surface area contributed by atoms with E-state index in [2.05, 4.69) is 10.3 Å². The smallest absolute Gasteiger partial charge is 0.328 e. The Bertz CT molecular complexity index is 719. The van der Waals surface area contributed by atoms with Gasteiger partial charge in [-0.25, -0.2) is 9.78 Å². The molecule has 2 N–H and O–H groups in total. The van der Waals surface area contributed by atoms with Crippen molar-refractivity contribution in [2.75, 3.05) is 5.32 Å². The lowest BCUT2D eigenvalue weighted by atomic mass is 10.1. The molecule has 0 atom stereocenters. The monoisotopic (exact) mass is 302 g/mol. The van der Waals surface area contributed by atoms with E-state index in [1.807, 2.05) is 19.9 Å². The fourth-order valence-corrected chi connectivity index (χ4v) is 2.31. The second-order valence-electron chi connectivity index (χ2n) is 4.45. The summed E-state index contributed by atoms with van der Waals surface area (Å²) in [5, 5.41) is 13.9. The molecule has 0 bridgehead atoms. The summed E-state index contributed by atoms with van der Waals surface area (Å²) < 4.78 is 0. The molecule has 2 aromatic rings. The van der Waals surface area contributed by atoms with Gasteiger partial charge < -0.3 is 10.4 Å². The van der Waals surface area contributed by atoms with Crippen LogP contribution >= 0.6 is 11.3 Å². The zero-order valence-corrected chi connectivity index (χ0v) is 12.4. The van der Waals surface area contributed by atoms with Crippen molar-refractivity contribution in [1.82, 2.24) is 4.98 Å². The predicted molar refractivity (Wildman–Crippen MR) is 82.7 cm³/mol. The van der Waals surface area contributed by atoms with Crippen LogP contribution in [0.3, 0.4) is 0 Å². The number of hydrogen-bond acceptors (Lipinski definition) is 4. The number of aryl methyl sites for hydroxylation is 2. The van der Waals surface area contributed by atoms with Gasteiger partial charge in [-0.15, -0.1) is 11.3 Å². The molecule has 1 aromatic carbocycles. The average Bonchev–Trinajstić information content (AvgIpc) is 2.86. The summed E-state index contributed by atoms with van der Waals surface area (Å²) >= 11 is 1.41. The molecule has 0 fully saturated rings. The van der Waals surface area contributed by atoms with E-state index in [0.29, 0.717) is 11.4 Å². The number of nitrogens with zero attached hydrogens (tertiary/aromatic N) is 1. The lowest BCUT2D eigenvalue weighted by Crippen LogP contribution is -2.12. The van der Waals surface area contributed by atoms with E-state index in [0.717, 1.165) is 22.2 Å². The second kappa shape index (κ2) is 6.32. The van der Waals surface area contributed by atoms with Crippen LogP contribution < -0.4 is 5.32 Å². The topological polar surface area (TPSA) is 79.3 Å². The van der Waals surface area contributed by atoms with Crippen molar-refractivity contribution in [1.29, 1.82) is 0 Å². The van der Waals surface area contributed by atoms with Crippen LogP contribution in [-0.2, 0) is 4.79 Å². The fourth-order valence-electron chi connectivity index (χ4n) is 1.72. The minimum atomic E-state index is -1.01.